The number of aryl methyl sites for hydroxylation is 2. The molecule has 2 N–H and O–H groups in total. The Bertz CT molecular complexity index is 890. The number of nitrogens with one attached hydrogen (secondary N) is 2. The molecule has 0 unspecified atom stereocenters. The smallest absolute Gasteiger partial charge is 0.325 e. The van der Waals surface area contributed by atoms with Crippen LogP contribution in [0.4, 0.5) is 5.69 Å². The summed E-state index contributed by atoms with van der Waals surface area (Å²) in [4.78, 5) is 36.0. The molecular formula is C21H24N2O6. The largest absolute Gasteiger partial charge is 0.493 e. The van der Waals surface area contributed by atoms with Gasteiger partial charge in [-0.05, 0) is 43.2 Å². The standard InChI is InChI=1S/C21H24N2O6/c1-13-6-5-7-14(2)20(13)23-18(24)12-29-19(25)11-22-21(26)15-8-9-16(27-3)17(10-15)28-4/h5-10H,11-12H2,1-4H3,(H,22,26)(H,23,24). The van der Waals surface area contributed by atoms with Gasteiger partial charge in [0.1, 0.15) is 6.54 Å². The van der Waals surface area contributed by atoms with E-state index >= 15 is 0 Å². The molecule has 0 radical (unpaired) electrons. The van der Waals surface area contributed by atoms with E-state index in [-0.39, 0.29) is 6.54 Å². The monoisotopic (exact) mass is 400 g/mol. The van der Waals surface area contributed by atoms with Gasteiger partial charge in [0.2, 0.25) is 0 Å². The maximum atomic E-state index is 12.2. The predicted octanol–water partition coefficient (Wildman–Crippen LogP) is 2.23. The van der Waals surface area contributed by atoms with Crippen molar-refractivity contribution in [1.82, 2.24) is 5.32 Å². The predicted molar refractivity (Wildman–Crippen MR) is 107 cm³/mol. The maximum absolute atomic E-state index is 12.2. The maximum Gasteiger partial charge on any atom is 0.325 e. The van der Waals surface area contributed by atoms with Crippen LogP contribution < -0.4 is 20.1 Å². The molecule has 0 saturated heterocycles. The fraction of sp³-hybridized carbons (Fsp3) is 0.286. The molecule has 0 spiro atoms. The van der Waals surface area contributed by atoms with E-state index in [1.165, 1.54) is 20.3 Å². The third-order valence-electron chi connectivity index (χ3n) is 4.15. The number of methoxy groups -OCH3 is 2. The molecule has 0 aliphatic rings. The minimum Gasteiger partial charge on any atom is -0.493 e. The van der Waals surface area contributed by atoms with E-state index in [4.69, 9.17) is 14.2 Å². The van der Waals surface area contributed by atoms with Crippen molar-refractivity contribution < 1.29 is 28.6 Å². The molecule has 0 aliphatic heterocycles. The molecule has 2 aromatic rings. The Morgan fingerprint density at radius 1 is 0.931 bits per heavy atom. The Morgan fingerprint density at radius 2 is 1.59 bits per heavy atom. The zero-order chi connectivity index (χ0) is 21.4. The van der Waals surface area contributed by atoms with Crippen LogP contribution in [0.2, 0.25) is 0 Å². The lowest BCUT2D eigenvalue weighted by Crippen LogP contribution is -2.32. The fourth-order valence-corrected chi connectivity index (χ4v) is 2.62. The highest BCUT2D eigenvalue weighted by Gasteiger charge is 2.14. The molecule has 154 valence electrons. The normalized spacial score (nSPS) is 10.1. The van der Waals surface area contributed by atoms with Crippen LogP contribution in [0.15, 0.2) is 36.4 Å². The van der Waals surface area contributed by atoms with Crippen molar-refractivity contribution in [2.45, 2.75) is 13.8 Å². The van der Waals surface area contributed by atoms with E-state index in [1.54, 1.807) is 12.1 Å². The molecule has 0 atom stereocenters. The van der Waals surface area contributed by atoms with Crippen LogP contribution in [0.5, 0.6) is 11.5 Å². The fourth-order valence-electron chi connectivity index (χ4n) is 2.62. The Morgan fingerprint density at radius 3 is 2.21 bits per heavy atom. The molecule has 2 aromatic carbocycles. The molecule has 0 bridgehead atoms. The lowest BCUT2D eigenvalue weighted by molar-refractivity contribution is -0.146. The molecule has 29 heavy (non-hydrogen) atoms. The van der Waals surface area contributed by atoms with Gasteiger partial charge >= 0.3 is 5.97 Å². The van der Waals surface area contributed by atoms with Gasteiger partial charge in [-0.2, -0.15) is 0 Å². The minimum absolute atomic E-state index is 0.295. The van der Waals surface area contributed by atoms with Crippen molar-refractivity contribution >= 4 is 23.5 Å². The summed E-state index contributed by atoms with van der Waals surface area (Å²) in [6.45, 7) is 2.93. The SMILES string of the molecule is COc1ccc(C(=O)NCC(=O)OCC(=O)Nc2c(C)cccc2C)cc1OC. The molecule has 0 aliphatic carbocycles. The van der Waals surface area contributed by atoms with Crippen LogP contribution in [0, 0.1) is 13.8 Å². The summed E-state index contributed by atoms with van der Waals surface area (Å²) in [5.74, 6) is -0.787. The number of hydrogen-bond acceptors (Lipinski definition) is 6. The van der Waals surface area contributed by atoms with Gasteiger partial charge in [0.05, 0.1) is 14.2 Å². The lowest BCUT2D eigenvalue weighted by atomic mass is 10.1. The highest BCUT2D eigenvalue weighted by atomic mass is 16.5. The number of ether oxygens (including phenoxy) is 3. The number of carbonyl (C=O) groups excluding carboxylic acids is 3. The van der Waals surface area contributed by atoms with E-state index in [9.17, 15) is 14.4 Å². The van der Waals surface area contributed by atoms with E-state index in [0.717, 1.165) is 11.1 Å². The van der Waals surface area contributed by atoms with Crippen LogP contribution in [-0.4, -0.2) is 45.2 Å². The van der Waals surface area contributed by atoms with Gasteiger partial charge in [-0.3, -0.25) is 14.4 Å². The summed E-state index contributed by atoms with van der Waals surface area (Å²) >= 11 is 0. The molecular weight excluding hydrogens is 376 g/mol. The summed E-state index contributed by atoms with van der Waals surface area (Å²) in [5, 5.41) is 5.16. The van der Waals surface area contributed by atoms with Crippen molar-refractivity contribution in [3.05, 3.63) is 53.1 Å². The molecule has 2 amide bonds. The van der Waals surface area contributed by atoms with E-state index in [0.29, 0.717) is 22.7 Å². The van der Waals surface area contributed by atoms with Gasteiger partial charge in [0.25, 0.3) is 11.8 Å². The second-order valence-electron chi connectivity index (χ2n) is 6.23. The number of anilines is 1. The summed E-state index contributed by atoms with van der Waals surface area (Å²) in [5.41, 5.74) is 2.80. The van der Waals surface area contributed by atoms with Crippen LogP contribution in [0.3, 0.4) is 0 Å². The highest BCUT2D eigenvalue weighted by Crippen LogP contribution is 2.27. The molecule has 8 nitrogen and oxygen atoms in total. The number of carbonyl (C=O) groups is 3. The summed E-state index contributed by atoms with van der Waals surface area (Å²) in [7, 11) is 2.95. The third kappa shape index (κ3) is 5.97. The van der Waals surface area contributed by atoms with E-state index in [1.807, 2.05) is 32.0 Å². The molecule has 8 heteroatoms. The number of esters is 1. The summed E-state index contributed by atoms with van der Waals surface area (Å²) in [6, 6.07) is 10.3. The zero-order valence-electron chi connectivity index (χ0n) is 16.8. The van der Waals surface area contributed by atoms with Gasteiger partial charge in [0, 0.05) is 11.3 Å². The minimum atomic E-state index is -0.726. The first-order valence-electron chi connectivity index (χ1n) is 8.87. The van der Waals surface area contributed by atoms with Crippen LogP contribution in [0.25, 0.3) is 0 Å². The first-order chi connectivity index (χ1) is 13.8. The molecule has 0 saturated carbocycles. The van der Waals surface area contributed by atoms with Crippen LogP contribution in [0.1, 0.15) is 21.5 Å². The average Bonchev–Trinajstić information content (AvgIpc) is 2.72. The van der Waals surface area contributed by atoms with Crippen LogP contribution in [-0.2, 0) is 14.3 Å². The number of hydrogen-bond donors (Lipinski definition) is 2. The van der Waals surface area contributed by atoms with Gasteiger partial charge in [-0.15, -0.1) is 0 Å². The Balaban J connectivity index is 1.82. The highest BCUT2D eigenvalue weighted by molar-refractivity contribution is 5.97. The van der Waals surface area contributed by atoms with Crippen LogP contribution >= 0.6 is 0 Å². The van der Waals surface area contributed by atoms with Gasteiger partial charge in [0.15, 0.2) is 18.1 Å². The van der Waals surface area contributed by atoms with E-state index < -0.39 is 24.4 Å². The van der Waals surface area contributed by atoms with E-state index in [2.05, 4.69) is 10.6 Å². The van der Waals surface area contributed by atoms with Crippen molar-refractivity contribution in [3.8, 4) is 11.5 Å². The number of amides is 2. The second kappa shape index (κ2) is 10.1. The second-order valence-corrected chi connectivity index (χ2v) is 6.23. The van der Waals surface area contributed by atoms with Crippen molar-refractivity contribution in [3.63, 3.8) is 0 Å². The molecule has 2 rings (SSSR count). The van der Waals surface area contributed by atoms with Gasteiger partial charge < -0.3 is 24.8 Å². The van der Waals surface area contributed by atoms with Crippen molar-refractivity contribution in [1.29, 1.82) is 0 Å². The first kappa shape index (κ1) is 21.7. The topological polar surface area (TPSA) is 103 Å². The lowest BCUT2D eigenvalue weighted by Gasteiger charge is -2.12. The van der Waals surface area contributed by atoms with Gasteiger partial charge in [-0.1, -0.05) is 18.2 Å². The number of para-hydroxylation sites is 1. The molecule has 0 aromatic heterocycles. The quantitative estimate of drug-likeness (QED) is 0.659. The van der Waals surface area contributed by atoms with Gasteiger partial charge in [-0.25, -0.2) is 0 Å². The third-order valence-corrected chi connectivity index (χ3v) is 4.15. The number of rotatable bonds is 8. The molecule has 0 fully saturated rings. The van der Waals surface area contributed by atoms with Crippen molar-refractivity contribution in [2.24, 2.45) is 0 Å². The Labute approximate surface area is 169 Å². The van der Waals surface area contributed by atoms with Crippen molar-refractivity contribution in [2.75, 3.05) is 32.7 Å². The average molecular weight is 400 g/mol. The summed E-state index contributed by atoms with van der Waals surface area (Å²) < 4.78 is 15.2. The number of benzene rings is 2. The Kier molecular flexibility index (Phi) is 7.59. The summed E-state index contributed by atoms with van der Waals surface area (Å²) in [6.07, 6.45) is 0. The first-order valence-corrected chi connectivity index (χ1v) is 8.87. The zero-order valence-corrected chi connectivity index (χ0v) is 16.8. The Hall–Kier alpha value is -3.55. The molecule has 0 heterocycles.